The van der Waals surface area contributed by atoms with Crippen LogP contribution < -0.4 is 5.32 Å². The quantitative estimate of drug-likeness (QED) is 0.699. The lowest BCUT2D eigenvalue weighted by atomic mass is 10.0. The number of likely N-dealkylation sites (N-methyl/N-ethyl adjacent to an activating group) is 1. The highest BCUT2D eigenvalue weighted by Gasteiger charge is 2.20. The second-order valence-corrected chi connectivity index (χ2v) is 6.38. The fourth-order valence-electron chi connectivity index (χ4n) is 2.19. The van der Waals surface area contributed by atoms with Gasteiger partial charge in [-0.25, -0.2) is 0 Å². The number of hydrogen-bond donors (Lipinski definition) is 1. The molecule has 1 N–H and O–H groups in total. The van der Waals surface area contributed by atoms with Crippen molar-refractivity contribution in [1.29, 1.82) is 0 Å². The van der Waals surface area contributed by atoms with Crippen LogP contribution in [-0.2, 0) is 0 Å². The van der Waals surface area contributed by atoms with E-state index in [9.17, 15) is 0 Å². The molecule has 0 amide bonds. The van der Waals surface area contributed by atoms with E-state index in [4.69, 9.17) is 0 Å². The zero-order chi connectivity index (χ0) is 13.5. The third-order valence-electron chi connectivity index (χ3n) is 3.47. The van der Waals surface area contributed by atoms with Gasteiger partial charge in [0.25, 0.3) is 0 Å². The molecule has 0 fully saturated rings. The van der Waals surface area contributed by atoms with Crippen molar-refractivity contribution in [3.8, 4) is 0 Å². The van der Waals surface area contributed by atoms with Crippen LogP contribution in [0.3, 0.4) is 0 Å². The molecule has 2 nitrogen and oxygen atoms in total. The first-order valence-corrected chi connectivity index (χ1v) is 7.28. The summed E-state index contributed by atoms with van der Waals surface area (Å²) in [6, 6.07) is 1.36. The summed E-state index contributed by atoms with van der Waals surface area (Å²) < 4.78 is 0. The monoisotopic (exact) mass is 242 g/mol. The molecule has 0 aliphatic heterocycles. The molecule has 0 aromatic rings. The van der Waals surface area contributed by atoms with Crippen LogP contribution >= 0.6 is 0 Å². The second kappa shape index (κ2) is 8.10. The molecule has 2 heteroatoms. The Labute approximate surface area is 109 Å². The molecule has 0 heterocycles. The molecule has 104 valence electrons. The summed E-state index contributed by atoms with van der Waals surface area (Å²) in [6.45, 7) is 14.7. The van der Waals surface area contributed by atoms with Crippen molar-refractivity contribution in [2.45, 2.75) is 84.8 Å². The number of nitrogens with zero attached hydrogens (tertiary/aromatic N) is 1. The summed E-state index contributed by atoms with van der Waals surface area (Å²) in [4.78, 5) is 2.56. The summed E-state index contributed by atoms with van der Waals surface area (Å²) in [7, 11) is 2.28. The maximum atomic E-state index is 3.64. The second-order valence-electron chi connectivity index (χ2n) is 6.38. The zero-order valence-corrected chi connectivity index (χ0v) is 13.1. The lowest BCUT2D eigenvalue weighted by Gasteiger charge is -2.35. The molecule has 0 rings (SSSR count). The summed E-state index contributed by atoms with van der Waals surface area (Å²) in [5, 5.41) is 3.64. The standard InChI is InChI=1S/C15H34N2/c1-8-10-13(3)17(7)14(11-9-2)12-16-15(4,5)6/h13-14,16H,8-12H2,1-7H3. The van der Waals surface area contributed by atoms with Crippen LogP contribution in [0, 0.1) is 0 Å². The summed E-state index contributed by atoms with van der Waals surface area (Å²) in [6.07, 6.45) is 5.12. The Morgan fingerprint density at radius 1 is 1.06 bits per heavy atom. The van der Waals surface area contributed by atoms with Crippen LogP contribution in [-0.4, -0.2) is 36.1 Å². The van der Waals surface area contributed by atoms with E-state index < -0.39 is 0 Å². The Bertz CT molecular complexity index is 184. The fourth-order valence-corrected chi connectivity index (χ4v) is 2.19. The zero-order valence-electron chi connectivity index (χ0n) is 13.1. The minimum atomic E-state index is 0.223. The summed E-state index contributed by atoms with van der Waals surface area (Å²) >= 11 is 0. The van der Waals surface area contributed by atoms with Crippen molar-refractivity contribution in [3.05, 3.63) is 0 Å². The van der Waals surface area contributed by atoms with E-state index in [0.717, 1.165) is 6.54 Å². The van der Waals surface area contributed by atoms with Crippen molar-refractivity contribution in [2.75, 3.05) is 13.6 Å². The van der Waals surface area contributed by atoms with E-state index in [1.165, 1.54) is 25.7 Å². The van der Waals surface area contributed by atoms with E-state index in [2.05, 4.69) is 58.8 Å². The first kappa shape index (κ1) is 16.9. The van der Waals surface area contributed by atoms with Gasteiger partial charge in [-0.15, -0.1) is 0 Å². The highest BCUT2D eigenvalue weighted by atomic mass is 15.2. The van der Waals surface area contributed by atoms with Gasteiger partial charge < -0.3 is 5.32 Å². The van der Waals surface area contributed by atoms with Gasteiger partial charge in [0.15, 0.2) is 0 Å². The molecule has 0 aromatic heterocycles. The molecule has 0 radical (unpaired) electrons. The molecular weight excluding hydrogens is 208 g/mol. The van der Waals surface area contributed by atoms with Crippen LogP contribution in [0.15, 0.2) is 0 Å². The van der Waals surface area contributed by atoms with Gasteiger partial charge in [-0.1, -0.05) is 26.7 Å². The highest BCUT2D eigenvalue weighted by molar-refractivity contribution is 4.79. The lowest BCUT2D eigenvalue weighted by Crippen LogP contribution is -2.48. The molecule has 0 saturated heterocycles. The lowest BCUT2D eigenvalue weighted by molar-refractivity contribution is 0.155. The molecule has 0 bridgehead atoms. The summed E-state index contributed by atoms with van der Waals surface area (Å²) in [5.41, 5.74) is 0.223. The van der Waals surface area contributed by atoms with Gasteiger partial charge in [0.1, 0.15) is 0 Å². The maximum Gasteiger partial charge on any atom is 0.0220 e. The van der Waals surface area contributed by atoms with Crippen molar-refractivity contribution < 1.29 is 0 Å². The van der Waals surface area contributed by atoms with Crippen molar-refractivity contribution in [3.63, 3.8) is 0 Å². The molecule has 0 aromatic carbocycles. The Morgan fingerprint density at radius 3 is 2.00 bits per heavy atom. The fraction of sp³-hybridized carbons (Fsp3) is 1.00. The highest BCUT2D eigenvalue weighted by Crippen LogP contribution is 2.13. The van der Waals surface area contributed by atoms with Crippen LogP contribution in [0.1, 0.15) is 67.2 Å². The summed E-state index contributed by atoms with van der Waals surface area (Å²) in [5.74, 6) is 0. The smallest absolute Gasteiger partial charge is 0.0220 e. The Kier molecular flexibility index (Phi) is 8.06. The Morgan fingerprint density at radius 2 is 1.59 bits per heavy atom. The molecule has 2 atom stereocenters. The van der Waals surface area contributed by atoms with Gasteiger partial charge in [-0.3, -0.25) is 4.90 Å². The third-order valence-corrected chi connectivity index (χ3v) is 3.47. The minimum Gasteiger partial charge on any atom is -0.311 e. The normalized spacial score (nSPS) is 16.2. The van der Waals surface area contributed by atoms with Crippen LogP contribution in [0.2, 0.25) is 0 Å². The molecule has 0 aliphatic rings. The van der Waals surface area contributed by atoms with Gasteiger partial charge in [-0.2, -0.15) is 0 Å². The van der Waals surface area contributed by atoms with E-state index in [0.29, 0.717) is 12.1 Å². The van der Waals surface area contributed by atoms with Gasteiger partial charge in [0.2, 0.25) is 0 Å². The Balaban J connectivity index is 4.29. The van der Waals surface area contributed by atoms with Crippen molar-refractivity contribution >= 4 is 0 Å². The van der Waals surface area contributed by atoms with Crippen molar-refractivity contribution in [2.24, 2.45) is 0 Å². The molecule has 0 saturated carbocycles. The minimum absolute atomic E-state index is 0.223. The number of nitrogens with one attached hydrogen (secondary N) is 1. The van der Waals surface area contributed by atoms with E-state index in [1.807, 2.05) is 0 Å². The molecule has 2 unspecified atom stereocenters. The van der Waals surface area contributed by atoms with E-state index >= 15 is 0 Å². The maximum absolute atomic E-state index is 3.64. The molecule has 0 spiro atoms. The number of rotatable bonds is 8. The van der Waals surface area contributed by atoms with Crippen LogP contribution in [0.25, 0.3) is 0 Å². The van der Waals surface area contributed by atoms with Gasteiger partial charge in [0.05, 0.1) is 0 Å². The molecule has 0 aliphatic carbocycles. The van der Waals surface area contributed by atoms with Crippen LogP contribution in [0.5, 0.6) is 0 Å². The average molecular weight is 242 g/mol. The Hall–Kier alpha value is -0.0800. The SMILES string of the molecule is CCCC(C)N(C)C(CCC)CNC(C)(C)C. The first-order valence-electron chi connectivity index (χ1n) is 7.28. The molecule has 17 heavy (non-hydrogen) atoms. The number of hydrogen-bond acceptors (Lipinski definition) is 2. The van der Waals surface area contributed by atoms with Gasteiger partial charge in [0, 0.05) is 24.2 Å². The van der Waals surface area contributed by atoms with Crippen molar-refractivity contribution in [1.82, 2.24) is 10.2 Å². The van der Waals surface area contributed by atoms with E-state index in [-0.39, 0.29) is 5.54 Å². The average Bonchev–Trinajstić information content (AvgIpc) is 2.22. The first-order chi connectivity index (χ1) is 7.81. The van der Waals surface area contributed by atoms with E-state index in [1.54, 1.807) is 0 Å². The van der Waals surface area contributed by atoms with Gasteiger partial charge in [-0.05, 0) is 47.6 Å². The predicted octanol–water partition coefficient (Wildman–Crippen LogP) is 3.66. The topological polar surface area (TPSA) is 15.3 Å². The molecular formula is C15H34N2. The third kappa shape index (κ3) is 7.77. The van der Waals surface area contributed by atoms with Crippen LogP contribution in [0.4, 0.5) is 0 Å². The van der Waals surface area contributed by atoms with Gasteiger partial charge >= 0.3 is 0 Å². The largest absolute Gasteiger partial charge is 0.311 e. The predicted molar refractivity (Wildman–Crippen MR) is 78.6 cm³/mol.